The van der Waals surface area contributed by atoms with E-state index in [2.05, 4.69) is 4.74 Å². The first-order chi connectivity index (χ1) is 7.04. The summed E-state index contributed by atoms with van der Waals surface area (Å²) in [7, 11) is 0. The lowest BCUT2D eigenvalue weighted by molar-refractivity contribution is -0.158. The van der Waals surface area contributed by atoms with Gasteiger partial charge in [0.05, 0.1) is 6.61 Å². The van der Waals surface area contributed by atoms with E-state index in [1.54, 1.807) is 6.92 Å². The van der Waals surface area contributed by atoms with Crippen molar-refractivity contribution >= 4 is 17.8 Å². The van der Waals surface area contributed by atoms with Gasteiger partial charge in [-0.3, -0.25) is 19.3 Å². The van der Waals surface area contributed by atoms with Gasteiger partial charge in [-0.25, -0.2) is 0 Å². The maximum atomic E-state index is 11.5. The zero-order valence-corrected chi connectivity index (χ0v) is 8.99. The van der Waals surface area contributed by atoms with Gasteiger partial charge in [0.1, 0.15) is 6.54 Å². The molecule has 0 aromatic heterocycles. The number of hydrogen-bond donors (Lipinski definition) is 0. The second-order valence-corrected chi connectivity index (χ2v) is 3.69. The Morgan fingerprint density at radius 2 is 1.93 bits per heavy atom. The van der Waals surface area contributed by atoms with E-state index in [0.29, 0.717) is 12.8 Å². The Labute approximate surface area is 88.4 Å². The van der Waals surface area contributed by atoms with E-state index < -0.39 is 5.97 Å². The fourth-order valence-electron chi connectivity index (χ4n) is 1.54. The van der Waals surface area contributed by atoms with Crippen molar-refractivity contribution in [3.8, 4) is 0 Å². The molecule has 1 saturated heterocycles. The van der Waals surface area contributed by atoms with Gasteiger partial charge in [0.15, 0.2) is 0 Å². The predicted octanol–water partition coefficient (Wildman–Crippen LogP) is 0.335. The van der Waals surface area contributed by atoms with Gasteiger partial charge in [-0.2, -0.15) is 0 Å². The normalized spacial score (nSPS) is 18.1. The van der Waals surface area contributed by atoms with Crippen LogP contribution < -0.4 is 0 Å². The fraction of sp³-hybridized carbons (Fsp3) is 0.700. The highest BCUT2D eigenvalue weighted by atomic mass is 16.5. The van der Waals surface area contributed by atoms with Crippen LogP contribution in [0.4, 0.5) is 0 Å². The van der Waals surface area contributed by atoms with Crippen LogP contribution in [0, 0.1) is 5.92 Å². The Kier molecular flexibility index (Phi) is 3.82. The Morgan fingerprint density at radius 3 is 2.40 bits per heavy atom. The van der Waals surface area contributed by atoms with Crippen LogP contribution in [0.25, 0.3) is 0 Å². The summed E-state index contributed by atoms with van der Waals surface area (Å²) in [5, 5.41) is 0. The minimum Gasteiger partial charge on any atom is -0.465 e. The number of carbonyl (C=O) groups is 3. The summed E-state index contributed by atoms with van der Waals surface area (Å²) in [5.74, 6) is -1.03. The van der Waals surface area contributed by atoms with Crippen LogP contribution in [0.2, 0.25) is 0 Å². The standard InChI is InChI=1S/C10H15NO4/c1-3-15-10(14)6-11-8(12)4-7(2)5-9(11)13/h7H,3-6H2,1-2H3. The zero-order chi connectivity index (χ0) is 11.4. The number of nitrogens with zero attached hydrogens (tertiary/aromatic N) is 1. The molecule has 15 heavy (non-hydrogen) atoms. The molecule has 1 rings (SSSR count). The predicted molar refractivity (Wildman–Crippen MR) is 51.8 cm³/mol. The molecule has 0 saturated carbocycles. The summed E-state index contributed by atoms with van der Waals surface area (Å²) in [6, 6.07) is 0. The Bertz CT molecular complexity index is 269. The third kappa shape index (κ3) is 3.04. The summed E-state index contributed by atoms with van der Waals surface area (Å²) < 4.78 is 4.68. The quantitative estimate of drug-likeness (QED) is 0.500. The molecule has 0 N–H and O–H groups in total. The molecule has 1 aliphatic heterocycles. The molecule has 0 radical (unpaired) electrons. The molecule has 0 aliphatic carbocycles. The summed E-state index contributed by atoms with van der Waals surface area (Å²) in [6.07, 6.45) is 0.649. The van der Waals surface area contributed by atoms with Crippen LogP contribution in [-0.4, -0.2) is 35.8 Å². The number of esters is 1. The molecule has 1 fully saturated rings. The van der Waals surface area contributed by atoms with Gasteiger partial charge < -0.3 is 4.74 Å². The van der Waals surface area contributed by atoms with E-state index in [9.17, 15) is 14.4 Å². The van der Waals surface area contributed by atoms with Gasteiger partial charge in [0.25, 0.3) is 0 Å². The van der Waals surface area contributed by atoms with Gasteiger partial charge in [0, 0.05) is 12.8 Å². The highest BCUT2D eigenvalue weighted by Gasteiger charge is 2.31. The van der Waals surface area contributed by atoms with Crippen molar-refractivity contribution in [3.05, 3.63) is 0 Å². The highest BCUT2D eigenvalue weighted by Crippen LogP contribution is 2.18. The minimum absolute atomic E-state index is 0.0726. The molecule has 5 nitrogen and oxygen atoms in total. The molecule has 0 spiro atoms. The fourth-order valence-corrected chi connectivity index (χ4v) is 1.54. The van der Waals surface area contributed by atoms with Crippen LogP contribution in [0.1, 0.15) is 26.7 Å². The summed E-state index contributed by atoms with van der Waals surface area (Å²) in [4.78, 5) is 35.0. The van der Waals surface area contributed by atoms with E-state index in [1.165, 1.54) is 0 Å². The van der Waals surface area contributed by atoms with Gasteiger partial charge >= 0.3 is 5.97 Å². The SMILES string of the molecule is CCOC(=O)CN1C(=O)CC(C)CC1=O. The largest absolute Gasteiger partial charge is 0.465 e. The number of carbonyl (C=O) groups excluding carboxylic acids is 3. The maximum Gasteiger partial charge on any atom is 0.326 e. The van der Waals surface area contributed by atoms with E-state index in [1.807, 2.05) is 6.92 Å². The third-order valence-corrected chi connectivity index (χ3v) is 2.24. The van der Waals surface area contributed by atoms with Crippen molar-refractivity contribution < 1.29 is 19.1 Å². The first kappa shape index (κ1) is 11.7. The number of amides is 2. The maximum absolute atomic E-state index is 11.5. The summed E-state index contributed by atoms with van der Waals surface area (Å²) in [6.45, 7) is 3.53. The van der Waals surface area contributed by atoms with Crippen molar-refractivity contribution in [2.75, 3.05) is 13.2 Å². The molecule has 0 bridgehead atoms. The molecule has 84 valence electrons. The molecule has 0 atom stereocenters. The molecule has 5 heteroatoms. The van der Waals surface area contributed by atoms with Gasteiger partial charge in [-0.1, -0.05) is 6.92 Å². The van der Waals surface area contributed by atoms with Crippen LogP contribution in [-0.2, 0) is 19.1 Å². The Hall–Kier alpha value is -1.39. The second kappa shape index (κ2) is 4.91. The lowest BCUT2D eigenvalue weighted by Crippen LogP contribution is -2.45. The lowest BCUT2D eigenvalue weighted by Gasteiger charge is -2.27. The molecule has 0 aromatic rings. The van der Waals surface area contributed by atoms with Gasteiger partial charge in [-0.05, 0) is 12.8 Å². The van der Waals surface area contributed by atoms with Crippen molar-refractivity contribution in [1.82, 2.24) is 4.90 Å². The number of hydrogen-bond acceptors (Lipinski definition) is 4. The first-order valence-electron chi connectivity index (χ1n) is 5.03. The van der Waals surface area contributed by atoms with E-state index in [-0.39, 0.29) is 30.9 Å². The molecule has 1 aliphatic rings. The van der Waals surface area contributed by atoms with Crippen molar-refractivity contribution in [3.63, 3.8) is 0 Å². The number of rotatable bonds is 3. The average Bonchev–Trinajstić information content (AvgIpc) is 2.11. The molecular weight excluding hydrogens is 198 g/mol. The smallest absolute Gasteiger partial charge is 0.326 e. The van der Waals surface area contributed by atoms with Gasteiger partial charge in [0.2, 0.25) is 11.8 Å². The minimum atomic E-state index is -0.534. The topological polar surface area (TPSA) is 63.7 Å². The van der Waals surface area contributed by atoms with Crippen LogP contribution in [0.15, 0.2) is 0 Å². The van der Waals surface area contributed by atoms with Crippen LogP contribution in [0.5, 0.6) is 0 Å². The number of piperidine rings is 1. The molecule has 0 unspecified atom stereocenters. The average molecular weight is 213 g/mol. The molecular formula is C10H15NO4. The zero-order valence-electron chi connectivity index (χ0n) is 8.99. The summed E-state index contributed by atoms with van der Waals surface area (Å²) in [5.41, 5.74) is 0. The lowest BCUT2D eigenvalue weighted by atomic mass is 9.98. The van der Waals surface area contributed by atoms with E-state index in [0.717, 1.165) is 4.90 Å². The monoisotopic (exact) mass is 213 g/mol. The number of imide groups is 1. The van der Waals surface area contributed by atoms with Crippen molar-refractivity contribution in [2.45, 2.75) is 26.7 Å². The summed E-state index contributed by atoms with van der Waals surface area (Å²) >= 11 is 0. The van der Waals surface area contributed by atoms with Crippen LogP contribution >= 0.6 is 0 Å². The Morgan fingerprint density at radius 1 is 1.40 bits per heavy atom. The first-order valence-corrected chi connectivity index (χ1v) is 5.03. The van der Waals surface area contributed by atoms with E-state index in [4.69, 9.17) is 0 Å². The van der Waals surface area contributed by atoms with Crippen molar-refractivity contribution in [1.29, 1.82) is 0 Å². The number of ether oxygens (including phenoxy) is 1. The molecule has 1 heterocycles. The second-order valence-electron chi connectivity index (χ2n) is 3.69. The molecule has 0 aromatic carbocycles. The Balaban J connectivity index is 2.57. The number of likely N-dealkylation sites (tertiary alicyclic amines) is 1. The van der Waals surface area contributed by atoms with Gasteiger partial charge in [-0.15, -0.1) is 0 Å². The molecule has 2 amide bonds. The highest BCUT2D eigenvalue weighted by molar-refractivity contribution is 6.00. The van der Waals surface area contributed by atoms with E-state index >= 15 is 0 Å². The van der Waals surface area contributed by atoms with Crippen molar-refractivity contribution in [2.24, 2.45) is 5.92 Å². The third-order valence-electron chi connectivity index (χ3n) is 2.24. The van der Waals surface area contributed by atoms with Crippen LogP contribution in [0.3, 0.4) is 0 Å².